The lowest BCUT2D eigenvalue weighted by atomic mass is 10.1. The first-order chi connectivity index (χ1) is 11.8. The Morgan fingerprint density at radius 2 is 1.96 bits per heavy atom. The minimum Gasteiger partial charge on any atom is -0.338 e. The van der Waals surface area contributed by atoms with Crippen LogP contribution in [0.3, 0.4) is 0 Å². The molecule has 9 nitrogen and oxygen atoms in total. The summed E-state index contributed by atoms with van der Waals surface area (Å²) < 4.78 is 0. The van der Waals surface area contributed by atoms with Gasteiger partial charge in [0.05, 0.1) is 16.1 Å². The van der Waals surface area contributed by atoms with Crippen LogP contribution in [0.1, 0.15) is 47.4 Å². The number of imide groups is 1. The van der Waals surface area contributed by atoms with E-state index in [-0.39, 0.29) is 35.4 Å². The molecule has 1 aromatic rings. The van der Waals surface area contributed by atoms with Gasteiger partial charge in [-0.25, -0.2) is 4.79 Å². The van der Waals surface area contributed by atoms with E-state index in [0.717, 1.165) is 17.4 Å². The summed E-state index contributed by atoms with van der Waals surface area (Å²) in [5, 5.41) is 16.2. The van der Waals surface area contributed by atoms with E-state index in [9.17, 15) is 24.5 Å². The minimum atomic E-state index is -0.611. The number of benzene rings is 1. The van der Waals surface area contributed by atoms with Gasteiger partial charge < -0.3 is 10.6 Å². The molecule has 1 aliphatic rings. The largest absolute Gasteiger partial charge is 0.338 e. The molecule has 2 rings (SSSR count). The van der Waals surface area contributed by atoms with E-state index in [1.54, 1.807) is 0 Å². The maximum Gasteiger partial charge on any atom is 0.314 e. The van der Waals surface area contributed by atoms with E-state index in [2.05, 4.69) is 10.6 Å². The van der Waals surface area contributed by atoms with Gasteiger partial charge in [-0.05, 0) is 25.8 Å². The number of amides is 4. The summed E-state index contributed by atoms with van der Waals surface area (Å²) in [7, 11) is 0. The van der Waals surface area contributed by atoms with Crippen molar-refractivity contribution in [2.24, 2.45) is 0 Å². The average Bonchev–Trinajstić information content (AvgIpc) is 2.82. The fraction of sp³-hybridized carbons (Fsp3) is 0.438. The number of non-ortho nitro benzene ring substituents is 1. The summed E-state index contributed by atoms with van der Waals surface area (Å²) in [5.74, 6) is -1.02. The predicted molar refractivity (Wildman–Crippen MR) is 89.4 cm³/mol. The Balaban J connectivity index is 1.90. The molecule has 134 valence electrons. The fourth-order valence-electron chi connectivity index (χ4n) is 2.41. The molecule has 0 saturated heterocycles. The number of nitro groups is 1. The molecule has 1 atom stereocenters. The SMILES string of the molecule is CCC(C)NC(=O)NCCCN1C(=O)c2ccc([N+](=O)[O-])cc2C1=O. The lowest BCUT2D eigenvalue weighted by Crippen LogP contribution is -2.41. The Bertz CT molecular complexity index is 718. The molecule has 0 saturated carbocycles. The van der Waals surface area contributed by atoms with Gasteiger partial charge in [0.15, 0.2) is 0 Å². The summed E-state index contributed by atoms with van der Waals surface area (Å²) in [6.45, 7) is 4.27. The first-order valence-corrected chi connectivity index (χ1v) is 8.04. The first-order valence-electron chi connectivity index (χ1n) is 8.04. The van der Waals surface area contributed by atoms with Crippen LogP contribution in [0, 0.1) is 10.1 Å². The van der Waals surface area contributed by atoms with E-state index in [0.29, 0.717) is 13.0 Å². The molecule has 0 radical (unpaired) electrons. The number of nitrogens with zero attached hydrogens (tertiary/aromatic N) is 2. The van der Waals surface area contributed by atoms with Crippen LogP contribution in [0.2, 0.25) is 0 Å². The summed E-state index contributed by atoms with van der Waals surface area (Å²) in [6.07, 6.45) is 1.20. The van der Waals surface area contributed by atoms with Gasteiger partial charge in [0.25, 0.3) is 17.5 Å². The summed E-state index contributed by atoms with van der Waals surface area (Å²) >= 11 is 0. The summed E-state index contributed by atoms with van der Waals surface area (Å²) in [6, 6.07) is 3.38. The maximum absolute atomic E-state index is 12.3. The van der Waals surface area contributed by atoms with E-state index in [1.165, 1.54) is 12.1 Å². The van der Waals surface area contributed by atoms with Gasteiger partial charge in [0.1, 0.15) is 0 Å². The second-order valence-corrected chi connectivity index (χ2v) is 5.81. The molecule has 2 N–H and O–H groups in total. The zero-order chi connectivity index (χ0) is 18.6. The van der Waals surface area contributed by atoms with Crippen molar-refractivity contribution in [2.75, 3.05) is 13.1 Å². The van der Waals surface area contributed by atoms with E-state index < -0.39 is 16.7 Å². The number of nitrogens with one attached hydrogen (secondary N) is 2. The van der Waals surface area contributed by atoms with Crippen LogP contribution in [-0.2, 0) is 0 Å². The van der Waals surface area contributed by atoms with Crippen LogP contribution in [-0.4, -0.2) is 46.8 Å². The Morgan fingerprint density at radius 1 is 1.28 bits per heavy atom. The Hall–Kier alpha value is -2.97. The van der Waals surface area contributed by atoms with Gasteiger partial charge in [-0.2, -0.15) is 0 Å². The Labute approximate surface area is 144 Å². The molecule has 1 unspecified atom stereocenters. The third kappa shape index (κ3) is 4.11. The third-order valence-electron chi connectivity index (χ3n) is 4.00. The molecule has 25 heavy (non-hydrogen) atoms. The molecule has 1 aromatic carbocycles. The lowest BCUT2D eigenvalue weighted by Gasteiger charge is -2.15. The number of hydrogen-bond donors (Lipinski definition) is 2. The van der Waals surface area contributed by atoms with Crippen molar-refractivity contribution in [3.63, 3.8) is 0 Å². The lowest BCUT2D eigenvalue weighted by molar-refractivity contribution is -0.384. The zero-order valence-corrected chi connectivity index (χ0v) is 14.1. The highest BCUT2D eigenvalue weighted by Gasteiger charge is 2.36. The van der Waals surface area contributed by atoms with Crippen molar-refractivity contribution in [3.05, 3.63) is 39.4 Å². The zero-order valence-electron chi connectivity index (χ0n) is 14.1. The van der Waals surface area contributed by atoms with Crippen LogP contribution in [0.4, 0.5) is 10.5 Å². The van der Waals surface area contributed by atoms with Gasteiger partial charge in [0.2, 0.25) is 0 Å². The van der Waals surface area contributed by atoms with Crippen LogP contribution in [0.25, 0.3) is 0 Å². The number of fused-ring (bicyclic) bond motifs is 1. The fourth-order valence-corrected chi connectivity index (χ4v) is 2.41. The topological polar surface area (TPSA) is 122 Å². The van der Waals surface area contributed by atoms with Gasteiger partial charge >= 0.3 is 6.03 Å². The molecule has 0 aromatic heterocycles. The standard InChI is InChI=1S/C16H20N4O5/c1-3-10(2)18-16(23)17-7-4-8-19-14(21)12-6-5-11(20(24)25)9-13(12)15(19)22/h5-6,9-10H,3-4,7-8H2,1-2H3,(H2,17,18,23). The molecule has 9 heteroatoms. The van der Waals surface area contributed by atoms with Crippen molar-refractivity contribution in [2.45, 2.75) is 32.7 Å². The maximum atomic E-state index is 12.3. The summed E-state index contributed by atoms with van der Waals surface area (Å²) in [4.78, 5) is 47.3. The van der Waals surface area contributed by atoms with Gasteiger partial charge in [-0.3, -0.25) is 24.6 Å². The normalized spacial score (nSPS) is 14.2. The van der Waals surface area contributed by atoms with Crippen LogP contribution in [0.15, 0.2) is 18.2 Å². The highest BCUT2D eigenvalue weighted by atomic mass is 16.6. The molecule has 1 heterocycles. The number of urea groups is 1. The second kappa shape index (κ2) is 7.73. The third-order valence-corrected chi connectivity index (χ3v) is 4.00. The van der Waals surface area contributed by atoms with Gasteiger partial charge in [-0.1, -0.05) is 6.92 Å². The highest BCUT2D eigenvalue weighted by Crippen LogP contribution is 2.26. The molecule has 0 spiro atoms. The number of carbonyl (C=O) groups is 3. The predicted octanol–water partition coefficient (Wildman–Crippen LogP) is 1.68. The average molecular weight is 348 g/mol. The van der Waals surface area contributed by atoms with Crippen LogP contribution < -0.4 is 10.6 Å². The van der Waals surface area contributed by atoms with Crippen LogP contribution >= 0.6 is 0 Å². The van der Waals surface area contributed by atoms with Crippen LogP contribution in [0.5, 0.6) is 0 Å². The number of hydrogen-bond acceptors (Lipinski definition) is 5. The van der Waals surface area contributed by atoms with E-state index in [1.807, 2.05) is 13.8 Å². The minimum absolute atomic E-state index is 0.0432. The smallest absolute Gasteiger partial charge is 0.314 e. The number of carbonyl (C=O) groups excluding carboxylic acids is 3. The molecule has 0 bridgehead atoms. The van der Waals surface area contributed by atoms with Crippen molar-refractivity contribution < 1.29 is 19.3 Å². The van der Waals surface area contributed by atoms with Gasteiger partial charge in [-0.15, -0.1) is 0 Å². The van der Waals surface area contributed by atoms with Crippen molar-refractivity contribution in [1.82, 2.24) is 15.5 Å². The van der Waals surface area contributed by atoms with Crippen molar-refractivity contribution >= 4 is 23.5 Å². The summed E-state index contributed by atoms with van der Waals surface area (Å²) in [5.41, 5.74) is -0.0233. The molecular weight excluding hydrogens is 328 g/mol. The molecule has 0 fully saturated rings. The number of rotatable bonds is 7. The molecule has 1 aliphatic heterocycles. The Morgan fingerprint density at radius 3 is 2.60 bits per heavy atom. The van der Waals surface area contributed by atoms with Crippen molar-refractivity contribution in [3.8, 4) is 0 Å². The molecule has 0 aliphatic carbocycles. The quantitative estimate of drug-likeness (QED) is 0.336. The first kappa shape index (κ1) is 18.4. The highest BCUT2D eigenvalue weighted by molar-refractivity contribution is 6.21. The molecular formula is C16H20N4O5. The Kier molecular flexibility index (Phi) is 5.68. The monoisotopic (exact) mass is 348 g/mol. The number of nitro benzene ring substituents is 1. The van der Waals surface area contributed by atoms with Gasteiger partial charge in [0, 0.05) is 31.3 Å². The second-order valence-electron chi connectivity index (χ2n) is 5.81. The van der Waals surface area contributed by atoms with Crippen molar-refractivity contribution in [1.29, 1.82) is 0 Å². The van der Waals surface area contributed by atoms with E-state index in [4.69, 9.17) is 0 Å². The molecule has 4 amide bonds. The van der Waals surface area contributed by atoms with E-state index >= 15 is 0 Å².